The van der Waals surface area contributed by atoms with Crippen LogP contribution in [-0.2, 0) is 26.2 Å². The maximum absolute atomic E-state index is 13.4. The predicted molar refractivity (Wildman–Crippen MR) is 149 cm³/mol. The summed E-state index contributed by atoms with van der Waals surface area (Å²) in [6.45, 7) is 2.10. The van der Waals surface area contributed by atoms with Crippen LogP contribution in [0.4, 0.5) is 5.69 Å². The van der Waals surface area contributed by atoms with E-state index in [0.717, 1.165) is 37.5 Å². The van der Waals surface area contributed by atoms with Crippen LogP contribution < -0.4 is 9.62 Å². The predicted octanol–water partition coefficient (Wildman–Crippen LogP) is 5.41. The summed E-state index contributed by atoms with van der Waals surface area (Å²) in [6, 6.07) is 13.2. The standard InChI is InChI=1S/C27H35Cl2N3O4S/c1-20(27(34)30-24-9-4-3-5-10-24)31(19-21-13-15-22(28)16-14-21)26(33)12-7-17-32(37(2,35)36)25-11-6-8-23(29)18-25/h6,8,11,13-16,18,20,24H,3-5,7,9-10,12,17,19H2,1-2H3,(H,30,34)/t20-/m0/s1. The number of hydrogen-bond donors (Lipinski definition) is 1. The Bertz CT molecular complexity index is 1170. The van der Waals surface area contributed by atoms with E-state index in [1.54, 1.807) is 48.2 Å². The molecule has 0 aromatic heterocycles. The summed E-state index contributed by atoms with van der Waals surface area (Å²) in [6.07, 6.45) is 6.77. The number of carbonyl (C=O) groups is 2. The molecule has 7 nitrogen and oxygen atoms in total. The number of sulfonamides is 1. The zero-order valence-corrected chi connectivity index (χ0v) is 23.7. The third kappa shape index (κ3) is 8.90. The van der Waals surface area contributed by atoms with Crippen molar-refractivity contribution in [3.63, 3.8) is 0 Å². The van der Waals surface area contributed by atoms with Crippen molar-refractivity contribution >= 4 is 50.7 Å². The van der Waals surface area contributed by atoms with Gasteiger partial charge in [0.2, 0.25) is 21.8 Å². The quantitative estimate of drug-likeness (QED) is 0.393. The minimum Gasteiger partial charge on any atom is -0.352 e. The van der Waals surface area contributed by atoms with E-state index in [4.69, 9.17) is 23.2 Å². The molecule has 0 aliphatic heterocycles. The van der Waals surface area contributed by atoms with Gasteiger partial charge in [0.05, 0.1) is 11.9 Å². The molecular formula is C27H35Cl2N3O4S. The largest absolute Gasteiger partial charge is 0.352 e. The minimum absolute atomic E-state index is 0.0845. The van der Waals surface area contributed by atoms with Gasteiger partial charge in [-0.15, -0.1) is 0 Å². The second-order valence-electron chi connectivity index (χ2n) is 9.59. The van der Waals surface area contributed by atoms with Gasteiger partial charge in [0.25, 0.3) is 0 Å². The number of anilines is 1. The Labute approximate surface area is 230 Å². The fraction of sp³-hybridized carbons (Fsp3) is 0.481. The van der Waals surface area contributed by atoms with Crippen LogP contribution in [0, 0.1) is 0 Å². The highest BCUT2D eigenvalue weighted by molar-refractivity contribution is 7.92. The summed E-state index contributed by atoms with van der Waals surface area (Å²) in [5.74, 6) is -0.397. The van der Waals surface area contributed by atoms with Crippen LogP contribution in [0.1, 0.15) is 57.4 Å². The zero-order valence-electron chi connectivity index (χ0n) is 21.3. The molecule has 1 atom stereocenters. The maximum Gasteiger partial charge on any atom is 0.242 e. The van der Waals surface area contributed by atoms with Gasteiger partial charge in [0, 0.05) is 35.6 Å². The number of nitrogens with one attached hydrogen (secondary N) is 1. The van der Waals surface area contributed by atoms with Gasteiger partial charge >= 0.3 is 0 Å². The first-order valence-electron chi connectivity index (χ1n) is 12.6. The number of hydrogen-bond acceptors (Lipinski definition) is 4. The average Bonchev–Trinajstić information content (AvgIpc) is 2.85. The van der Waals surface area contributed by atoms with Crippen LogP contribution >= 0.6 is 23.2 Å². The van der Waals surface area contributed by atoms with Gasteiger partial charge < -0.3 is 10.2 Å². The highest BCUT2D eigenvalue weighted by Gasteiger charge is 2.28. The summed E-state index contributed by atoms with van der Waals surface area (Å²) in [4.78, 5) is 28.1. The monoisotopic (exact) mass is 567 g/mol. The molecule has 3 rings (SSSR count). The number of carbonyl (C=O) groups excluding carboxylic acids is 2. The molecule has 1 fully saturated rings. The zero-order chi connectivity index (χ0) is 27.0. The highest BCUT2D eigenvalue weighted by atomic mass is 35.5. The molecule has 0 unspecified atom stereocenters. The fourth-order valence-electron chi connectivity index (χ4n) is 4.57. The third-order valence-corrected chi connectivity index (χ3v) is 8.31. The summed E-state index contributed by atoms with van der Waals surface area (Å²) < 4.78 is 26.1. The van der Waals surface area contributed by atoms with E-state index in [0.29, 0.717) is 15.7 Å². The Morgan fingerprint density at radius 1 is 1.03 bits per heavy atom. The van der Waals surface area contributed by atoms with E-state index in [9.17, 15) is 18.0 Å². The van der Waals surface area contributed by atoms with Gasteiger partial charge in [-0.05, 0) is 62.1 Å². The van der Waals surface area contributed by atoms with Crippen molar-refractivity contribution in [3.05, 3.63) is 64.1 Å². The Kier molecular flexibility index (Phi) is 10.7. The van der Waals surface area contributed by atoms with Crippen LogP contribution in [0.5, 0.6) is 0 Å². The molecule has 1 aliphatic carbocycles. The third-order valence-electron chi connectivity index (χ3n) is 6.63. The van der Waals surface area contributed by atoms with Gasteiger partial charge in [0.15, 0.2) is 0 Å². The lowest BCUT2D eigenvalue weighted by Crippen LogP contribution is -2.50. The van der Waals surface area contributed by atoms with Gasteiger partial charge in [-0.3, -0.25) is 13.9 Å². The lowest BCUT2D eigenvalue weighted by atomic mass is 9.95. The van der Waals surface area contributed by atoms with Crippen molar-refractivity contribution in [1.29, 1.82) is 0 Å². The SMILES string of the molecule is C[C@@H](C(=O)NC1CCCCC1)N(Cc1ccc(Cl)cc1)C(=O)CCCN(c1cccc(Cl)c1)S(C)(=O)=O. The number of halogens is 2. The second-order valence-corrected chi connectivity index (χ2v) is 12.4. The van der Waals surface area contributed by atoms with Gasteiger partial charge in [-0.2, -0.15) is 0 Å². The van der Waals surface area contributed by atoms with Gasteiger partial charge in [-0.1, -0.05) is 60.7 Å². The minimum atomic E-state index is -3.58. The van der Waals surface area contributed by atoms with E-state index in [1.807, 2.05) is 12.1 Å². The molecule has 10 heteroatoms. The van der Waals surface area contributed by atoms with Crippen molar-refractivity contribution in [2.75, 3.05) is 17.1 Å². The number of amides is 2. The lowest BCUT2D eigenvalue weighted by molar-refractivity contribution is -0.141. The lowest BCUT2D eigenvalue weighted by Gasteiger charge is -2.31. The van der Waals surface area contributed by atoms with Crippen LogP contribution in [-0.4, -0.2) is 50.0 Å². The molecule has 0 heterocycles. The molecule has 37 heavy (non-hydrogen) atoms. The van der Waals surface area contributed by atoms with Crippen molar-refractivity contribution in [2.45, 2.75) is 70.5 Å². The summed E-state index contributed by atoms with van der Waals surface area (Å²) >= 11 is 12.1. The normalized spacial score (nSPS) is 15.1. The molecule has 2 aromatic rings. The molecule has 2 amide bonds. The fourth-order valence-corrected chi connectivity index (χ4v) is 5.84. The Morgan fingerprint density at radius 2 is 1.70 bits per heavy atom. The molecule has 0 spiro atoms. The first kappa shape index (κ1) is 29.3. The molecule has 0 bridgehead atoms. The smallest absolute Gasteiger partial charge is 0.242 e. The highest BCUT2D eigenvalue weighted by Crippen LogP contribution is 2.23. The van der Waals surface area contributed by atoms with E-state index in [-0.39, 0.29) is 43.8 Å². The Balaban J connectivity index is 1.71. The van der Waals surface area contributed by atoms with E-state index >= 15 is 0 Å². The Hall–Kier alpha value is -2.29. The van der Waals surface area contributed by atoms with Gasteiger partial charge in [-0.25, -0.2) is 8.42 Å². The first-order chi connectivity index (χ1) is 17.5. The van der Waals surface area contributed by atoms with Crippen molar-refractivity contribution in [2.24, 2.45) is 0 Å². The molecule has 1 N–H and O–H groups in total. The van der Waals surface area contributed by atoms with E-state index < -0.39 is 16.1 Å². The van der Waals surface area contributed by atoms with E-state index in [1.165, 1.54) is 10.7 Å². The van der Waals surface area contributed by atoms with E-state index in [2.05, 4.69) is 5.32 Å². The maximum atomic E-state index is 13.4. The second kappa shape index (κ2) is 13.5. The van der Waals surface area contributed by atoms with Crippen LogP contribution in [0.15, 0.2) is 48.5 Å². The molecule has 1 aliphatic rings. The number of rotatable bonds is 11. The molecule has 0 saturated heterocycles. The van der Waals surface area contributed by atoms with Crippen LogP contribution in [0.2, 0.25) is 10.0 Å². The Morgan fingerprint density at radius 3 is 2.32 bits per heavy atom. The molecule has 202 valence electrons. The van der Waals surface area contributed by atoms with Crippen LogP contribution in [0.3, 0.4) is 0 Å². The van der Waals surface area contributed by atoms with Crippen molar-refractivity contribution < 1.29 is 18.0 Å². The molecule has 0 radical (unpaired) electrons. The van der Waals surface area contributed by atoms with Crippen molar-refractivity contribution in [3.8, 4) is 0 Å². The summed E-state index contributed by atoms with van der Waals surface area (Å²) in [5.41, 5.74) is 1.30. The molecular weight excluding hydrogens is 533 g/mol. The summed E-state index contributed by atoms with van der Waals surface area (Å²) in [5, 5.41) is 4.13. The topological polar surface area (TPSA) is 86.8 Å². The molecule has 1 saturated carbocycles. The first-order valence-corrected chi connectivity index (χ1v) is 15.2. The average molecular weight is 569 g/mol. The number of nitrogens with zero attached hydrogens (tertiary/aromatic N) is 2. The van der Waals surface area contributed by atoms with Gasteiger partial charge in [0.1, 0.15) is 6.04 Å². The van der Waals surface area contributed by atoms with Crippen molar-refractivity contribution in [1.82, 2.24) is 10.2 Å². The number of benzene rings is 2. The van der Waals surface area contributed by atoms with Crippen LogP contribution in [0.25, 0.3) is 0 Å². The molecule has 2 aromatic carbocycles. The summed E-state index contributed by atoms with van der Waals surface area (Å²) in [7, 11) is -3.58.